The van der Waals surface area contributed by atoms with Gasteiger partial charge in [0, 0.05) is 10.4 Å². The highest BCUT2D eigenvalue weighted by Crippen LogP contribution is 2.38. The van der Waals surface area contributed by atoms with Crippen LogP contribution in [-0.4, -0.2) is 26.6 Å². The predicted molar refractivity (Wildman–Crippen MR) is 118 cm³/mol. The summed E-state index contributed by atoms with van der Waals surface area (Å²) in [6, 6.07) is 5.12. The van der Waals surface area contributed by atoms with Crippen molar-refractivity contribution in [2.24, 2.45) is 5.73 Å². The van der Waals surface area contributed by atoms with E-state index in [-0.39, 0.29) is 12.5 Å². The van der Waals surface area contributed by atoms with Crippen molar-refractivity contribution in [3.05, 3.63) is 50.1 Å². The van der Waals surface area contributed by atoms with Gasteiger partial charge in [0.25, 0.3) is 5.91 Å². The van der Waals surface area contributed by atoms with Gasteiger partial charge in [-0.2, -0.15) is 5.10 Å². The van der Waals surface area contributed by atoms with Crippen LogP contribution in [0.5, 0.6) is 0 Å². The monoisotopic (exact) mass is 463 g/mol. The van der Waals surface area contributed by atoms with Crippen molar-refractivity contribution < 1.29 is 9.59 Å². The normalized spacial score (nSPS) is 13.2. The molecule has 0 radical (unpaired) electrons. The molecule has 4 rings (SSSR count). The predicted octanol–water partition coefficient (Wildman–Crippen LogP) is 4.24. The number of amides is 2. The van der Waals surface area contributed by atoms with Crippen LogP contribution in [0, 0.1) is 6.92 Å². The number of fused-ring (bicyclic) bond motifs is 1. The lowest BCUT2D eigenvalue weighted by Gasteiger charge is -2.11. The zero-order valence-corrected chi connectivity index (χ0v) is 18.5. The third-order valence-electron chi connectivity index (χ3n) is 4.92. The van der Waals surface area contributed by atoms with E-state index in [1.807, 2.05) is 0 Å². The maximum absolute atomic E-state index is 12.8. The zero-order chi connectivity index (χ0) is 21.4. The molecule has 2 aromatic heterocycles. The van der Waals surface area contributed by atoms with Crippen LogP contribution in [0.25, 0.3) is 11.4 Å². The van der Waals surface area contributed by atoms with Gasteiger partial charge >= 0.3 is 0 Å². The van der Waals surface area contributed by atoms with Crippen LogP contribution < -0.4 is 11.1 Å². The lowest BCUT2D eigenvalue weighted by Crippen LogP contribution is -2.22. The van der Waals surface area contributed by atoms with E-state index in [4.69, 9.17) is 28.9 Å². The van der Waals surface area contributed by atoms with Gasteiger partial charge < -0.3 is 11.1 Å². The first kappa shape index (κ1) is 20.8. The van der Waals surface area contributed by atoms with Crippen molar-refractivity contribution in [3.63, 3.8) is 0 Å². The van der Waals surface area contributed by atoms with Crippen molar-refractivity contribution in [3.8, 4) is 11.4 Å². The van der Waals surface area contributed by atoms with Crippen molar-refractivity contribution in [1.29, 1.82) is 0 Å². The summed E-state index contributed by atoms with van der Waals surface area (Å²) in [6.45, 7) is 1.67. The number of anilines is 1. The largest absolute Gasteiger partial charge is 0.365 e. The second-order valence-electron chi connectivity index (χ2n) is 7.10. The summed E-state index contributed by atoms with van der Waals surface area (Å²) in [5.74, 6) is 0.190. The number of thiophene rings is 1. The molecule has 0 atom stereocenters. The topological polar surface area (TPSA) is 103 Å². The molecule has 0 fully saturated rings. The lowest BCUT2D eigenvalue weighted by molar-refractivity contribution is -0.116. The number of benzene rings is 1. The van der Waals surface area contributed by atoms with Gasteiger partial charge in [-0.25, -0.2) is 9.67 Å². The van der Waals surface area contributed by atoms with E-state index in [0.29, 0.717) is 37.8 Å². The molecule has 0 aliphatic heterocycles. The van der Waals surface area contributed by atoms with Crippen LogP contribution >= 0.6 is 34.5 Å². The SMILES string of the molecule is Cc1nc(-c2ccc(Cl)c(Cl)c2)n(CC(=O)Nc2sc3c(c2C(N)=O)CCCC3)n1. The molecule has 156 valence electrons. The highest BCUT2D eigenvalue weighted by Gasteiger charge is 2.25. The molecule has 1 aliphatic carbocycles. The summed E-state index contributed by atoms with van der Waals surface area (Å²) < 4.78 is 1.50. The summed E-state index contributed by atoms with van der Waals surface area (Å²) >= 11 is 13.5. The molecule has 0 unspecified atom stereocenters. The number of primary amides is 1. The molecule has 2 heterocycles. The number of aromatic nitrogens is 3. The molecule has 0 saturated heterocycles. The quantitative estimate of drug-likeness (QED) is 0.590. The Bertz CT molecular complexity index is 1150. The zero-order valence-electron chi connectivity index (χ0n) is 16.2. The van der Waals surface area contributed by atoms with Crippen LogP contribution in [0.4, 0.5) is 5.00 Å². The van der Waals surface area contributed by atoms with E-state index < -0.39 is 5.91 Å². The highest BCUT2D eigenvalue weighted by molar-refractivity contribution is 7.17. The third-order valence-corrected chi connectivity index (χ3v) is 6.87. The molecule has 3 aromatic rings. The molecular formula is C20H19Cl2N5O2S. The van der Waals surface area contributed by atoms with Gasteiger partial charge in [0.1, 0.15) is 17.4 Å². The molecule has 10 heteroatoms. The number of nitrogens with two attached hydrogens (primary N) is 1. The molecule has 0 bridgehead atoms. The number of nitrogens with one attached hydrogen (secondary N) is 1. The van der Waals surface area contributed by atoms with Crippen molar-refractivity contribution >= 4 is 51.4 Å². The highest BCUT2D eigenvalue weighted by atomic mass is 35.5. The van der Waals surface area contributed by atoms with Crippen LogP contribution in [0.1, 0.15) is 39.5 Å². The number of rotatable bonds is 5. The average molecular weight is 464 g/mol. The number of nitrogens with zero attached hydrogens (tertiary/aromatic N) is 3. The van der Waals surface area contributed by atoms with Gasteiger partial charge in [-0.05, 0) is 56.4 Å². The summed E-state index contributed by atoms with van der Waals surface area (Å²) in [5.41, 5.74) is 7.71. The van der Waals surface area contributed by atoms with Crippen LogP contribution in [0.2, 0.25) is 10.0 Å². The maximum atomic E-state index is 12.8. The molecule has 2 amide bonds. The summed E-state index contributed by atoms with van der Waals surface area (Å²) in [4.78, 5) is 30.3. The maximum Gasteiger partial charge on any atom is 0.251 e. The Balaban J connectivity index is 1.59. The van der Waals surface area contributed by atoms with E-state index in [1.165, 1.54) is 16.0 Å². The molecule has 0 saturated carbocycles. The summed E-state index contributed by atoms with van der Waals surface area (Å²) in [6.07, 6.45) is 3.80. The minimum atomic E-state index is -0.516. The van der Waals surface area contributed by atoms with Gasteiger partial charge in [-0.1, -0.05) is 23.2 Å². The third kappa shape index (κ3) is 4.08. The molecular weight excluding hydrogens is 445 g/mol. The fourth-order valence-electron chi connectivity index (χ4n) is 3.63. The number of hydrogen-bond donors (Lipinski definition) is 2. The Morgan fingerprint density at radius 2 is 2.00 bits per heavy atom. The standard InChI is InChI=1S/C20H19Cl2N5O2S/c1-10-24-19(11-6-7-13(21)14(22)8-11)27(26-10)9-16(28)25-20-17(18(23)29)12-4-2-3-5-15(12)30-20/h6-8H,2-5,9H2,1H3,(H2,23,29)(H,25,28). The van der Waals surface area contributed by atoms with Crippen LogP contribution in [-0.2, 0) is 24.2 Å². The Hall–Kier alpha value is -2.42. The fourth-order valence-corrected chi connectivity index (χ4v) is 5.24. The molecule has 3 N–H and O–H groups in total. The van der Waals surface area contributed by atoms with Gasteiger partial charge in [0.05, 0.1) is 15.6 Å². The van der Waals surface area contributed by atoms with E-state index in [0.717, 1.165) is 36.1 Å². The Labute approximate surface area is 187 Å². The van der Waals surface area contributed by atoms with E-state index in [1.54, 1.807) is 25.1 Å². The van der Waals surface area contributed by atoms with E-state index in [9.17, 15) is 9.59 Å². The van der Waals surface area contributed by atoms with Crippen molar-refractivity contribution in [1.82, 2.24) is 14.8 Å². The number of aryl methyl sites for hydroxylation is 2. The minimum absolute atomic E-state index is 0.0722. The van der Waals surface area contributed by atoms with E-state index in [2.05, 4.69) is 15.4 Å². The summed E-state index contributed by atoms with van der Waals surface area (Å²) in [5, 5.41) is 8.50. The first-order valence-electron chi connectivity index (χ1n) is 9.44. The molecule has 0 spiro atoms. The van der Waals surface area contributed by atoms with Crippen molar-refractivity contribution in [2.45, 2.75) is 39.2 Å². The smallest absolute Gasteiger partial charge is 0.251 e. The Morgan fingerprint density at radius 1 is 1.23 bits per heavy atom. The van der Waals surface area contributed by atoms with E-state index >= 15 is 0 Å². The average Bonchev–Trinajstić information content (AvgIpc) is 3.23. The van der Waals surface area contributed by atoms with Gasteiger partial charge in [0.15, 0.2) is 5.82 Å². The second-order valence-corrected chi connectivity index (χ2v) is 9.02. The molecule has 1 aromatic carbocycles. The number of carbonyl (C=O) groups is 2. The fraction of sp³-hybridized carbons (Fsp3) is 0.300. The van der Waals surface area contributed by atoms with Gasteiger partial charge in [-0.3, -0.25) is 9.59 Å². The lowest BCUT2D eigenvalue weighted by atomic mass is 9.95. The number of hydrogen-bond acceptors (Lipinski definition) is 5. The number of carbonyl (C=O) groups excluding carboxylic acids is 2. The van der Waals surface area contributed by atoms with Gasteiger partial charge in [0.2, 0.25) is 5.91 Å². The molecule has 7 nitrogen and oxygen atoms in total. The Kier molecular flexibility index (Phi) is 5.81. The van der Waals surface area contributed by atoms with Crippen molar-refractivity contribution in [2.75, 3.05) is 5.32 Å². The minimum Gasteiger partial charge on any atom is -0.365 e. The summed E-state index contributed by atoms with van der Waals surface area (Å²) in [7, 11) is 0. The van der Waals surface area contributed by atoms with Crippen LogP contribution in [0.3, 0.4) is 0 Å². The number of halogens is 2. The first-order valence-corrected chi connectivity index (χ1v) is 11.0. The molecule has 30 heavy (non-hydrogen) atoms. The molecule has 1 aliphatic rings. The van der Waals surface area contributed by atoms with Crippen LogP contribution in [0.15, 0.2) is 18.2 Å². The second kappa shape index (κ2) is 8.37. The first-order chi connectivity index (χ1) is 14.3. The Morgan fingerprint density at radius 3 is 2.73 bits per heavy atom. The van der Waals surface area contributed by atoms with Gasteiger partial charge in [-0.15, -0.1) is 11.3 Å².